The Hall–Kier alpha value is -0.340. The third kappa shape index (κ3) is 5.40. The van der Waals surface area contributed by atoms with Gasteiger partial charge in [0.15, 0.2) is 0 Å². The summed E-state index contributed by atoms with van der Waals surface area (Å²) in [5.74, 6) is 0.773. The lowest BCUT2D eigenvalue weighted by atomic mass is 10.00. The first-order valence-corrected chi connectivity index (χ1v) is 5.88. The maximum Gasteiger partial charge on any atom is 0.0471 e. The van der Waals surface area contributed by atoms with E-state index in [2.05, 4.69) is 24.4 Å². The topological polar surface area (TPSA) is 21.3 Å². The van der Waals surface area contributed by atoms with Crippen LogP contribution in [0.3, 0.4) is 0 Å². The Morgan fingerprint density at radius 1 is 1.29 bits per heavy atom. The van der Waals surface area contributed by atoms with Gasteiger partial charge in [0.2, 0.25) is 0 Å². The van der Waals surface area contributed by atoms with Gasteiger partial charge in [0, 0.05) is 13.2 Å². The molecular weight excluding hydrogens is 174 g/mol. The fourth-order valence-corrected chi connectivity index (χ4v) is 1.68. The third-order valence-corrected chi connectivity index (χ3v) is 2.59. The minimum absolute atomic E-state index is 0.773. The van der Waals surface area contributed by atoms with Crippen LogP contribution in [0.25, 0.3) is 0 Å². The fourth-order valence-electron chi connectivity index (χ4n) is 1.68. The summed E-state index contributed by atoms with van der Waals surface area (Å²) < 4.78 is 5.31. The number of hydrogen-bond donors (Lipinski definition) is 1. The molecule has 2 heteroatoms. The van der Waals surface area contributed by atoms with Crippen LogP contribution in [0.1, 0.15) is 32.6 Å². The first-order chi connectivity index (χ1) is 6.93. The van der Waals surface area contributed by atoms with Crippen LogP contribution in [0.15, 0.2) is 12.2 Å². The van der Waals surface area contributed by atoms with Crippen LogP contribution in [0.2, 0.25) is 0 Å². The third-order valence-electron chi connectivity index (χ3n) is 2.59. The van der Waals surface area contributed by atoms with Crippen molar-refractivity contribution in [2.75, 3.05) is 26.3 Å². The molecule has 0 bridgehead atoms. The molecule has 0 spiro atoms. The van der Waals surface area contributed by atoms with E-state index in [1.807, 2.05) is 0 Å². The van der Waals surface area contributed by atoms with Crippen LogP contribution in [-0.4, -0.2) is 26.3 Å². The molecule has 1 aliphatic heterocycles. The van der Waals surface area contributed by atoms with Gasteiger partial charge in [0.05, 0.1) is 0 Å². The molecule has 1 fully saturated rings. The van der Waals surface area contributed by atoms with E-state index in [0.29, 0.717) is 0 Å². The van der Waals surface area contributed by atoms with Crippen molar-refractivity contribution in [2.45, 2.75) is 32.6 Å². The minimum Gasteiger partial charge on any atom is -0.381 e. The standard InChI is InChI=1S/C12H23NO/c1-2-8-13-9-4-3-5-12-6-10-14-11-7-12/h3,5,12-13H,2,4,6-11H2,1H3. The molecule has 1 heterocycles. The number of allylic oxidation sites excluding steroid dienone is 1. The van der Waals surface area contributed by atoms with Crippen molar-refractivity contribution in [1.29, 1.82) is 0 Å². The van der Waals surface area contributed by atoms with Crippen molar-refractivity contribution in [1.82, 2.24) is 5.32 Å². The molecule has 82 valence electrons. The van der Waals surface area contributed by atoms with Gasteiger partial charge in [-0.25, -0.2) is 0 Å². The van der Waals surface area contributed by atoms with Gasteiger partial charge in [-0.15, -0.1) is 0 Å². The molecule has 1 rings (SSSR count). The zero-order valence-electron chi connectivity index (χ0n) is 9.30. The molecule has 1 aliphatic rings. The van der Waals surface area contributed by atoms with Gasteiger partial charge in [0.1, 0.15) is 0 Å². The maximum atomic E-state index is 5.31. The van der Waals surface area contributed by atoms with E-state index in [0.717, 1.165) is 38.6 Å². The van der Waals surface area contributed by atoms with Gasteiger partial charge in [-0.05, 0) is 44.7 Å². The molecule has 0 aromatic rings. The molecule has 2 nitrogen and oxygen atoms in total. The molecule has 0 aliphatic carbocycles. The van der Waals surface area contributed by atoms with Gasteiger partial charge < -0.3 is 10.1 Å². The first kappa shape index (κ1) is 11.7. The average Bonchev–Trinajstić information content (AvgIpc) is 2.25. The van der Waals surface area contributed by atoms with Gasteiger partial charge in [0.25, 0.3) is 0 Å². The highest BCUT2D eigenvalue weighted by molar-refractivity contribution is 4.89. The van der Waals surface area contributed by atoms with E-state index in [9.17, 15) is 0 Å². The Balaban J connectivity index is 1.96. The zero-order valence-corrected chi connectivity index (χ0v) is 9.30. The normalized spacial score (nSPS) is 19.2. The molecular formula is C12H23NO. The van der Waals surface area contributed by atoms with Crippen LogP contribution in [0.4, 0.5) is 0 Å². The number of hydrogen-bond acceptors (Lipinski definition) is 2. The molecule has 0 atom stereocenters. The summed E-state index contributed by atoms with van der Waals surface area (Å²) in [5.41, 5.74) is 0. The van der Waals surface area contributed by atoms with Gasteiger partial charge in [-0.1, -0.05) is 19.1 Å². The molecule has 14 heavy (non-hydrogen) atoms. The zero-order chi connectivity index (χ0) is 10.1. The molecule has 1 saturated heterocycles. The van der Waals surface area contributed by atoms with Crippen LogP contribution in [0, 0.1) is 5.92 Å². The first-order valence-electron chi connectivity index (χ1n) is 5.88. The molecule has 1 N–H and O–H groups in total. The Morgan fingerprint density at radius 2 is 2.07 bits per heavy atom. The van der Waals surface area contributed by atoms with Crippen molar-refractivity contribution in [3.8, 4) is 0 Å². The largest absolute Gasteiger partial charge is 0.381 e. The van der Waals surface area contributed by atoms with Crippen LogP contribution in [0.5, 0.6) is 0 Å². The van der Waals surface area contributed by atoms with Crippen LogP contribution < -0.4 is 5.32 Å². The summed E-state index contributed by atoms with van der Waals surface area (Å²) in [4.78, 5) is 0. The van der Waals surface area contributed by atoms with E-state index in [-0.39, 0.29) is 0 Å². The second-order valence-electron chi connectivity index (χ2n) is 3.92. The molecule has 0 radical (unpaired) electrons. The van der Waals surface area contributed by atoms with Crippen molar-refractivity contribution >= 4 is 0 Å². The summed E-state index contributed by atoms with van der Waals surface area (Å²) in [5, 5.41) is 3.40. The lowest BCUT2D eigenvalue weighted by molar-refractivity contribution is 0.0785. The molecule has 0 amide bonds. The van der Waals surface area contributed by atoms with Crippen LogP contribution >= 0.6 is 0 Å². The maximum absolute atomic E-state index is 5.31. The lowest BCUT2D eigenvalue weighted by Crippen LogP contribution is -2.15. The SMILES string of the molecule is CCCNCCC=CC1CCOCC1. The summed E-state index contributed by atoms with van der Waals surface area (Å²) >= 11 is 0. The van der Waals surface area contributed by atoms with Crippen molar-refractivity contribution in [2.24, 2.45) is 5.92 Å². The fraction of sp³-hybridized carbons (Fsp3) is 0.833. The van der Waals surface area contributed by atoms with Gasteiger partial charge in [-0.3, -0.25) is 0 Å². The highest BCUT2D eigenvalue weighted by Gasteiger charge is 2.09. The smallest absolute Gasteiger partial charge is 0.0471 e. The molecule has 0 aromatic heterocycles. The predicted octanol–water partition coefficient (Wildman–Crippen LogP) is 2.36. The monoisotopic (exact) mass is 197 g/mol. The number of rotatable bonds is 6. The average molecular weight is 197 g/mol. The van der Waals surface area contributed by atoms with Crippen molar-refractivity contribution in [3.05, 3.63) is 12.2 Å². The van der Waals surface area contributed by atoms with E-state index in [1.165, 1.54) is 19.3 Å². The van der Waals surface area contributed by atoms with Gasteiger partial charge >= 0.3 is 0 Å². The lowest BCUT2D eigenvalue weighted by Gasteiger charge is -2.18. The molecule has 0 unspecified atom stereocenters. The Bertz CT molecular complexity index is 150. The number of nitrogens with one attached hydrogen (secondary N) is 1. The van der Waals surface area contributed by atoms with E-state index >= 15 is 0 Å². The van der Waals surface area contributed by atoms with Crippen molar-refractivity contribution < 1.29 is 4.74 Å². The highest BCUT2D eigenvalue weighted by atomic mass is 16.5. The Labute approximate surface area is 87.7 Å². The quantitative estimate of drug-likeness (QED) is 0.521. The summed E-state index contributed by atoms with van der Waals surface area (Å²) in [6.45, 7) is 6.36. The summed E-state index contributed by atoms with van der Waals surface area (Å²) in [7, 11) is 0. The summed E-state index contributed by atoms with van der Waals surface area (Å²) in [6, 6.07) is 0. The van der Waals surface area contributed by atoms with Crippen LogP contribution in [-0.2, 0) is 4.74 Å². The molecule has 0 saturated carbocycles. The second-order valence-corrected chi connectivity index (χ2v) is 3.92. The van der Waals surface area contributed by atoms with Gasteiger partial charge in [-0.2, -0.15) is 0 Å². The van der Waals surface area contributed by atoms with E-state index in [4.69, 9.17) is 4.74 Å². The van der Waals surface area contributed by atoms with Crippen molar-refractivity contribution in [3.63, 3.8) is 0 Å². The van der Waals surface area contributed by atoms with E-state index < -0.39 is 0 Å². The predicted molar refractivity (Wildman–Crippen MR) is 60.5 cm³/mol. The summed E-state index contributed by atoms with van der Waals surface area (Å²) in [6.07, 6.45) is 9.49. The Morgan fingerprint density at radius 3 is 2.79 bits per heavy atom. The Kier molecular flexibility index (Phi) is 6.71. The second kappa shape index (κ2) is 8.01. The highest BCUT2D eigenvalue weighted by Crippen LogP contribution is 2.15. The molecule has 0 aromatic carbocycles. The van der Waals surface area contributed by atoms with E-state index in [1.54, 1.807) is 0 Å². The minimum atomic E-state index is 0.773. The number of ether oxygens (including phenoxy) is 1.